The topological polar surface area (TPSA) is 61.6 Å². The number of ether oxygens (including phenoxy) is 2. The van der Waals surface area contributed by atoms with E-state index in [2.05, 4.69) is 18.8 Å². The monoisotopic (exact) mass is 295 g/mol. The molecule has 1 aliphatic carbocycles. The number of rotatable bonds is 7. The average Bonchev–Trinajstić information content (AvgIpc) is 2.76. The minimum Gasteiger partial charge on any atom is -0.460 e. The third-order valence-electron chi connectivity index (χ3n) is 3.98. The van der Waals surface area contributed by atoms with Gasteiger partial charge < -0.3 is 13.9 Å². The summed E-state index contributed by atoms with van der Waals surface area (Å²) in [5.74, 6) is 0.810. The van der Waals surface area contributed by atoms with Crippen molar-refractivity contribution < 1.29 is 18.7 Å². The van der Waals surface area contributed by atoms with Crippen LogP contribution in [0.2, 0.25) is 0 Å². The van der Waals surface area contributed by atoms with Gasteiger partial charge in [0.1, 0.15) is 0 Å². The number of nitrogens with zero attached hydrogens (tertiary/aromatic N) is 1. The molecule has 0 saturated heterocycles. The van der Waals surface area contributed by atoms with Gasteiger partial charge in [-0.25, -0.2) is 9.78 Å². The van der Waals surface area contributed by atoms with Crippen molar-refractivity contribution in [3.05, 3.63) is 17.3 Å². The Morgan fingerprint density at radius 3 is 2.62 bits per heavy atom. The predicted octanol–water partition coefficient (Wildman–Crippen LogP) is 3.16. The van der Waals surface area contributed by atoms with Crippen LogP contribution in [0.3, 0.4) is 0 Å². The molecule has 1 aliphatic rings. The van der Waals surface area contributed by atoms with Crippen LogP contribution in [0.4, 0.5) is 0 Å². The molecule has 1 heterocycles. The molecule has 5 nitrogen and oxygen atoms in total. The number of carbonyl (C=O) groups is 1. The summed E-state index contributed by atoms with van der Waals surface area (Å²) >= 11 is 0. The first kappa shape index (κ1) is 16.0. The molecule has 1 aromatic heterocycles. The van der Waals surface area contributed by atoms with E-state index in [9.17, 15) is 4.79 Å². The number of esters is 1. The third-order valence-corrected chi connectivity index (χ3v) is 3.98. The van der Waals surface area contributed by atoms with E-state index in [0.717, 1.165) is 19.3 Å². The van der Waals surface area contributed by atoms with Crippen molar-refractivity contribution in [3.8, 4) is 0 Å². The minimum atomic E-state index is -0.424. The summed E-state index contributed by atoms with van der Waals surface area (Å²) in [6.07, 6.45) is 4.52. The zero-order valence-corrected chi connectivity index (χ0v) is 13.4. The first-order valence-corrected chi connectivity index (χ1v) is 7.70. The fraction of sp³-hybridized carbons (Fsp3) is 0.750. The van der Waals surface area contributed by atoms with Gasteiger partial charge in [0.25, 0.3) is 0 Å². The number of carbonyl (C=O) groups excluding carboxylic acids is 1. The van der Waals surface area contributed by atoms with Crippen molar-refractivity contribution in [3.63, 3.8) is 0 Å². The van der Waals surface area contributed by atoms with Crippen LogP contribution in [0.1, 0.15) is 62.2 Å². The van der Waals surface area contributed by atoms with Crippen LogP contribution >= 0.6 is 0 Å². The van der Waals surface area contributed by atoms with Gasteiger partial charge in [-0.2, -0.15) is 0 Å². The largest absolute Gasteiger partial charge is 0.460 e. The quantitative estimate of drug-likeness (QED) is 0.723. The first-order chi connectivity index (χ1) is 9.99. The molecule has 0 unspecified atom stereocenters. The number of methoxy groups -OCH3 is 1. The van der Waals surface area contributed by atoms with Gasteiger partial charge >= 0.3 is 5.97 Å². The molecule has 21 heavy (non-hydrogen) atoms. The Bertz CT molecular complexity index is 483. The molecule has 2 rings (SSSR count). The fourth-order valence-electron chi connectivity index (χ4n) is 2.66. The van der Waals surface area contributed by atoms with E-state index in [1.807, 2.05) is 0 Å². The summed E-state index contributed by atoms with van der Waals surface area (Å²) in [5.41, 5.74) is 0.537. The number of oxazole rings is 1. The number of hydrogen-bond acceptors (Lipinski definition) is 5. The van der Waals surface area contributed by atoms with Gasteiger partial charge in [0.15, 0.2) is 5.89 Å². The van der Waals surface area contributed by atoms with Crippen LogP contribution in [0.15, 0.2) is 4.42 Å². The molecule has 1 aromatic rings. The molecule has 0 aromatic carbocycles. The van der Waals surface area contributed by atoms with E-state index in [4.69, 9.17) is 13.9 Å². The van der Waals surface area contributed by atoms with E-state index in [0.29, 0.717) is 37.0 Å². The smallest absolute Gasteiger partial charge is 0.376 e. The lowest BCUT2D eigenvalue weighted by molar-refractivity contribution is -0.0747. The highest BCUT2D eigenvalue weighted by Gasteiger charge is 2.39. The van der Waals surface area contributed by atoms with Crippen molar-refractivity contribution >= 4 is 5.97 Å². The third kappa shape index (κ3) is 3.64. The van der Waals surface area contributed by atoms with Gasteiger partial charge in [-0.1, -0.05) is 13.8 Å². The molecule has 1 fully saturated rings. The minimum absolute atomic E-state index is 0.161. The zero-order valence-electron chi connectivity index (χ0n) is 13.4. The molecule has 0 aliphatic heterocycles. The van der Waals surface area contributed by atoms with Gasteiger partial charge in [0.2, 0.25) is 5.76 Å². The van der Waals surface area contributed by atoms with Gasteiger partial charge in [0.05, 0.1) is 24.3 Å². The Balaban J connectivity index is 2.20. The van der Waals surface area contributed by atoms with Crippen molar-refractivity contribution in [2.24, 2.45) is 5.92 Å². The van der Waals surface area contributed by atoms with Crippen molar-refractivity contribution in [1.82, 2.24) is 4.98 Å². The average molecular weight is 295 g/mol. The Labute approximate surface area is 126 Å². The van der Waals surface area contributed by atoms with E-state index >= 15 is 0 Å². The fourth-order valence-corrected chi connectivity index (χ4v) is 2.66. The second kappa shape index (κ2) is 6.60. The van der Waals surface area contributed by atoms with Crippen LogP contribution in [0.5, 0.6) is 0 Å². The second-order valence-electron chi connectivity index (χ2n) is 6.12. The summed E-state index contributed by atoms with van der Waals surface area (Å²) in [4.78, 5) is 16.5. The molecular weight excluding hydrogens is 270 g/mol. The van der Waals surface area contributed by atoms with Crippen LogP contribution in [0.25, 0.3) is 0 Å². The first-order valence-electron chi connectivity index (χ1n) is 7.70. The van der Waals surface area contributed by atoms with Gasteiger partial charge in [-0.15, -0.1) is 0 Å². The Kier molecular flexibility index (Phi) is 5.04. The number of aromatic nitrogens is 1. The van der Waals surface area contributed by atoms with E-state index in [-0.39, 0.29) is 11.4 Å². The predicted molar refractivity (Wildman–Crippen MR) is 78.3 cm³/mol. The van der Waals surface area contributed by atoms with Crippen molar-refractivity contribution in [2.75, 3.05) is 13.7 Å². The van der Waals surface area contributed by atoms with Crippen LogP contribution in [-0.2, 0) is 22.3 Å². The maximum Gasteiger partial charge on any atom is 0.376 e. The molecule has 0 radical (unpaired) electrons. The normalized spacial score (nSPS) is 16.8. The van der Waals surface area contributed by atoms with Gasteiger partial charge in [0, 0.05) is 7.11 Å². The molecule has 5 heteroatoms. The summed E-state index contributed by atoms with van der Waals surface area (Å²) in [7, 11) is 1.73. The maximum atomic E-state index is 12.0. The molecule has 0 N–H and O–H groups in total. The molecule has 0 spiro atoms. The summed E-state index contributed by atoms with van der Waals surface area (Å²) in [6.45, 7) is 6.29. The summed E-state index contributed by atoms with van der Waals surface area (Å²) in [6, 6.07) is 0. The SMILES string of the molecule is CCOC(=O)c1oc(CC2(OC)CCC2)nc1CC(C)C. The second-order valence-corrected chi connectivity index (χ2v) is 6.12. The van der Waals surface area contributed by atoms with Crippen LogP contribution < -0.4 is 0 Å². The lowest BCUT2D eigenvalue weighted by atomic mass is 9.77. The van der Waals surface area contributed by atoms with E-state index in [1.165, 1.54) is 0 Å². The van der Waals surface area contributed by atoms with Crippen LogP contribution in [0, 0.1) is 5.92 Å². The molecule has 0 bridgehead atoms. The van der Waals surface area contributed by atoms with Crippen molar-refractivity contribution in [1.29, 1.82) is 0 Å². The molecule has 1 saturated carbocycles. The zero-order chi connectivity index (χ0) is 15.5. The highest BCUT2D eigenvalue weighted by atomic mass is 16.5. The molecule has 0 amide bonds. The highest BCUT2D eigenvalue weighted by molar-refractivity contribution is 5.87. The van der Waals surface area contributed by atoms with Crippen molar-refractivity contribution in [2.45, 2.75) is 58.5 Å². The molecule has 0 atom stereocenters. The van der Waals surface area contributed by atoms with E-state index < -0.39 is 5.97 Å². The van der Waals surface area contributed by atoms with Crippen LogP contribution in [-0.4, -0.2) is 30.3 Å². The highest BCUT2D eigenvalue weighted by Crippen LogP contribution is 2.38. The Morgan fingerprint density at radius 2 is 2.14 bits per heavy atom. The van der Waals surface area contributed by atoms with E-state index in [1.54, 1.807) is 14.0 Å². The Morgan fingerprint density at radius 1 is 1.43 bits per heavy atom. The standard InChI is InChI=1S/C16H25NO4/c1-5-20-15(18)14-12(9-11(2)3)17-13(21-14)10-16(19-4)7-6-8-16/h11H,5-10H2,1-4H3. The summed E-state index contributed by atoms with van der Waals surface area (Å²) < 4.78 is 16.4. The van der Waals surface area contributed by atoms with Gasteiger partial charge in [-0.05, 0) is 38.5 Å². The van der Waals surface area contributed by atoms with Gasteiger partial charge in [-0.3, -0.25) is 0 Å². The maximum absolute atomic E-state index is 12.0. The Hall–Kier alpha value is -1.36. The molecule has 118 valence electrons. The summed E-state index contributed by atoms with van der Waals surface area (Å²) in [5, 5.41) is 0. The lowest BCUT2D eigenvalue weighted by Crippen LogP contribution is -2.41. The number of hydrogen-bond donors (Lipinski definition) is 0. The molecular formula is C16H25NO4. The lowest BCUT2D eigenvalue weighted by Gasteiger charge is -2.39.